The van der Waals surface area contributed by atoms with Gasteiger partial charge in [0.1, 0.15) is 0 Å². The van der Waals surface area contributed by atoms with Crippen LogP contribution in [0, 0.1) is 0 Å². The highest BCUT2D eigenvalue weighted by Gasteiger charge is 2.43. The van der Waals surface area contributed by atoms with E-state index in [9.17, 15) is 4.79 Å². The molecule has 25 heavy (non-hydrogen) atoms. The zero-order valence-electron chi connectivity index (χ0n) is 14.6. The maximum absolute atomic E-state index is 13.4. The third kappa shape index (κ3) is 3.96. The van der Waals surface area contributed by atoms with Gasteiger partial charge >= 0.3 is 0 Å². The summed E-state index contributed by atoms with van der Waals surface area (Å²) in [7, 11) is 1.88. The summed E-state index contributed by atoms with van der Waals surface area (Å²) in [5.41, 5.74) is 1.54. The van der Waals surface area contributed by atoms with Crippen molar-refractivity contribution in [1.82, 2.24) is 9.88 Å². The molecule has 1 saturated heterocycles. The van der Waals surface area contributed by atoms with E-state index in [1.54, 1.807) is 11.3 Å². The molecule has 2 aromatic rings. The van der Waals surface area contributed by atoms with Crippen LogP contribution in [0.2, 0.25) is 0 Å². The van der Waals surface area contributed by atoms with Crippen LogP contribution in [0.1, 0.15) is 36.0 Å². The lowest BCUT2D eigenvalue weighted by molar-refractivity contribution is -0.140. The van der Waals surface area contributed by atoms with E-state index in [0.29, 0.717) is 19.8 Å². The Balaban J connectivity index is 1.84. The van der Waals surface area contributed by atoms with Gasteiger partial charge < -0.3 is 9.64 Å². The van der Waals surface area contributed by atoms with E-state index in [2.05, 4.69) is 45.4 Å². The summed E-state index contributed by atoms with van der Waals surface area (Å²) in [6.45, 7) is 3.88. The summed E-state index contributed by atoms with van der Waals surface area (Å²) in [4.78, 5) is 19.8. The molecule has 1 aromatic heterocycles. The summed E-state index contributed by atoms with van der Waals surface area (Å²) >= 11 is 5.14. The molecule has 6 heteroatoms. The third-order valence-corrected chi connectivity index (χ3v) is 6.37. The lowest BCUT2D eigenvalue weighted by atomic mass is 9.73. The zero-order chi connectivity index (χ0) is 17.9. The number of halogens is 1. The number of carbonyl (C=O) groups is 1. The lowest BCUT2D eigenvalue weighted by Gasteiger charge is -2.39. The summed E-state index contributed by atoms with van der Waals surface area (Å²) in [6, 6.07) is 8.12. The van der Waals surface area contributed by atoms with Crippen molar-refractivity contribution in [2.75, 3.05) is 20.3 Å². The molecular weight excluding hydrogens is 400 g/mol. The zero-order valence-corrected chi connectivity index (χ0v) is 17.0. The molecule has 0 atom stereocenters. The highest BCUT2D eigenvalue weighted by atomic mass is 79.9. The number of nitrogens with zero attached hydrogens (tertiary/aromatic N) is 2. The fourth-order valence-corrected chi connectivity index (χ4v) is 4.38. The molecule has 0 bridgehead atoms. The van der Waals surface area contributed by atoms with Crippen LogP contribution in [0.25, 0.3) is 0 Å². The van der Waals surface area contributed by atoms with Crippen LogP contribution in [0.3, 0.4) is 0 Å². The van der Waals surface area contributed by atoms with E-state index in [0.717, 1.165) is 40.0 Å². The third-order valence-electron chi connectivity index (χ3n) is 4.80. The van der Waals surface area contributed by atoms with Crippen molar-refractivity contribution in [3.05, 3.63) is 50.4 Å². The molecule has 0 spiro atoms. The Kier molecular flexibility index (Phi) is 5.92. The van der Waals surface area contributed by atoms with Crippen LogP contribution in [0.15, 0.2) is 34.1 Å². The van der Waals surface area contributed by atoms with Gasteiger partial charge in [0.05, 0.1) is 22.7 Å². The quantitative estimate of drug-likeness (QED) is 0.725. The van der Waals surface area contributed by atoms with E-state index in [1.165, 1.54) is 0 Å². The highest BCUT2D eigenvalue weighted by Crippen LogP contribution is 2.37. The molecule has 1 fully saturated rings. The van der Waals surface area contributed by atoms with Crippen molar-refractivity contribution in [3.63, 3.8) is 0 Å². The van der Waals surface area contributed by atoms with E-state index in [-0.39, 0.29) is 5.91 Å². The normalized spacial score (nSPS) is 16.6. The van der Waals surface area contributed by atoms with E-state index in [4.69, 9.17) is 4.74 Å². The van der Waals surface area contributed by atoms with Crippen LogP contribution in [-0.2, 0) is 27.9 Å². The number of carbonyl (C=O) groups excluding carboxylic acids is 1. The predicted molar refractivity (Wildman–Crippen MR) is 104 cm³/mol. The van der Waals surface area contributed by atoms with Crippen LogP contribution in [0.4, 0.5) is 0 Å². The minimum absolute atomic E-state index is 0.157. The molecule has 1 aliphatic heterocycles. The van der Waals surface area contributed by atoms with Gasteiger partial charge in [0, 0.05) is 30.1 Å². The van der Waals surface area contributed by atoms with Gasteiger partial charge in [-0.3, -0.25) is 4.79 Å². The van der Waals surface area contributed by atoms with Crippen molar-refractivity contribution >= 4 is 33.2 Å². The van der Waals surface area contributed by atoms with E-state index < -0.39 is 5.41 Å². The van der Waals surface area contributed by atoms with Crippen LogP contribution in [0.5, 0.6) is 0 Å². The average molecular weight is 423 g/mol. The summed E-state index contributed by atoms with van der Waals surface area (Å²) in [5.74, 6) is 0.157. The van der Waals surface area contributed by atoms with E-state index >= 15 is 0 Å². The van der Waals surface area contributed by atoms with Crippen molar-refractivity contribution in [2.45, 2.75) is 38.1 Å². The minimum Gasteiger partial charge on any atom is -0.381 e. The summed E-state index contributed by atoms with van der Waals surface area (Å²) < 4.78 is 6.57. The number of likely N-dealkylation sites (N-methyl/N-ethyl adjacent to an activating group) is 1. The molecule has 3 rings (SSSR count). The lowest BCUT2D eigenvalue weighted by Crippen LogP contribution is -2.48. The fraction of sp³-hybridized carbons (Fsp3) is 0.474. The van der Waals surface area contributed by atoms with Gasteiger partial charge in [-0.05, 0) is 37.0 Å². The van der Waals surface area contributed by atoms with Crippen molar-refractivity contribution in [1.29, 1.82) is 0 Å². The SMILES string of the molecule is CCc1nc(CN(C)C(=O)C2(c3ccc(Br)cc3)CCOCC2)cs1. The topological polar surface area (TPSA) is 42.4 Å². The first-order valence-electron chi connectivity index (χ1n) is 8.58. The summed E-state index contributed by atoms with van der Waals surface area (Å²) in [6.07, 6.45) is 2.37. The highest BCUT2D eigenvalue weighted by molar-refractivity contribution is 9.10. The molecule has 0 aliphatic carbocycles. The van der Waals surface area contributed by atoms with Crippen molar-refractivity contribution < 1.29 is 9.53 Å². The van der Waals surface area contributed by atoms with Crippen LogP contribution < -0.4 is 0 Å². The average Bonchev–Trinajstić information content (AvgIpc) is 3.09. The molecule has 0 N–H and O–H groups in total. The monoisotopic (exact) mass is 422 g/mol. The van der Waals surface area contributed by atoms with Crippen molar-refractivity contribution in [2.24, 2.45) is 0 Å². The number of amides is 1. The fourth-order valence-electron chi connectivity index (χ4n) is 3.38. The van der Waals surface area contributed by atoms with E-state index in [1.807, 2.05) is 24.1 Å². The summed E-state index contributed by atoms with van der Waals surface area (Å²) in [5, 5.41) is 3.17. The second-order valence-corrected chi connectivity index (χ2v) is 8.31. The maximum atomic E-state index is 13.4. The minimum atomic E-state index is -0.503. The van der Waals surface area contributed by atoms with Gasteiger partial charge in [-0.1, -0.05) is 35.0 Å². The van der Waals surface area contributed by atoms with Crippen molar-refractivity contribution in [3.8, 4) is 0 Å². The molecule has 0 saturated carbocycles. The number of aromatic nitrogens is 1. The number of thiazole rings is 1. The molecule has 1 amide bonds. The van der Waals surface area contributed by atoms with Crippen LogP contribution in [-0.4, -0.2) is 36.1 Å². The molecule has 0 radical (unpaired) electrons. The number of ether oxygens (including phenoxy) is 1. The first-order valence-corrected chi connectivity index (χ1v) is 10.2. The Bertz CT molecular complexity index is 723. The Hall–Kier alpha value is -1.24. The van der Waals surface area contributed by atoms with Gasteiger partial charge in [0.25, 0.3) is 0 Å². The van der Waals surface area contributed by atoms with Gasteiger partial charge in [-0.25, -0.2) is 4.98 Å². The standard InChI is InChI=1S/C19H23BrN2O2S/c1-3-17-21-16(13-25-17)12-22(2)18(23)19(8-10-24-11-9-19)14-4-6-15(20)7-5-14/h4-7,13H,3,8-12H2,1-2H3. The Morgan fingerprint density at radius 3 is 2.60 bits per heavy atom. The van der Waals surface area contributed by atoms with Crippen LogP contribution >= 0.6 is 27.3 Å². The molecule has 1 aromatic carbocycles. The number of hydrogen-bond acceptors (Lipinski definition) is 4. The second kappa shape index (κ2) is 7.98. The van der Waals surface area contributed by atoms with Gasteiger partial charge in [0.2, 0.25) is 5.91 Å². The predicted octanol–water partition coefficient (Wildman–Crippen LogP) is 4.17. The van der Waals surface area contributed by atoms with Gasteiger partial charge in [-0.15, -0.1) is 11.3 Å². The number of aryl methyl sites for hydroxylation is 1. The van der Waals surface area contributed by atoms with Gasteiger partial charge in [-0.2, -0.15) is 0 Å². The maximum Gasteiger partial charge on any atom is 0.233 e. The molecule has 1 aliphatic rings. The molecule has 2 heterocycles. The molecule has 4 nitrogen and oxygen atoms in total. The first kappa shape index (κ1) is 18.5. The second-order valence-electron chi connectivity index (χ2n) is 6.45. The molecule has 0 unspecified atom stereocenters. The Morgan fingerprint density at radius 2 is 2.00 bits per heavy atom. The number of hydrogen-bond donors (Lipinski definition) is 0. The number of rotatable bonds is 5. The number of benzene rings is 1. The Labute approximate surface area is 161 Å². The van der Waals surface area contributed by atoms with Gasteiger partial charge in [0.15, 0.2) is 0 Å². The molecule has 134 valence electrons. The largest absolute Gasteiger partial charge is 0.381 e. The first-order chi connectivity index (χ1) is 12.0. The molecular formula is C19H23BrN2O2S. The smallest absolute Gasteiger partial charge is 0.233 e. The Morgan fingerprint density at radius 1 is 1.32 bits per heavy atom.